The molecule has 0 radical (unpaired) electrons. The summed E-state index contributed by atoms with van der Waals surface area (Å²) in [4.78, 5) is 16.7. The van der Waals surface area contributed by atoms with Gasteiger partial charge in [0.15, 0.2) is 0 Å². The molecule has 0 spiro atoms. The molecule has 1 amide bonds. The van der Waals surface area contributed by atoms with Crippen LogP contribution < -0.4 is 5.32 Å². The number of aromatic nitrogens is 1. The van der Waals surface area contributed by atoms with E-state index in [2.05, 4.69) is 10.3 Å². The molecule has 0 bridgehead atoms. The minimum Gasteiger partial charge on any atom is -0.325 e. The van der Waals surface area contributed by atoms with Crippen molar-refractivity contribution in [1.82, 2.24) is 4.98 Å². The number of rotatable bonds is 4. The van der Waals surface area contributed by atoms with Gasteiger partial charge in [-0.2, -0.15) is 5.26 Å². The molecule has 0 atom stereocenters. The van der Waals surface area contributed by atoms with Crippen molar-refractivity contribution in [3.8, 4) is 6.07 Å². The number of nitriles is 1. The molecule has 3 aromatic rings. The van der Waals surface area contributed by atoms with Gasteiger partial charge in [-0.05, 0) is 42.8 Å². The number of hydrogen-bond donors (Lipinski definition) is 1. The minimum absolute atomic E-state index is 0.154. The van der Waals surface area contributed by atoms with Crippen LogP contribution >= 0.6 is 23.4 Å². The molecule has 0 fully saturated rings. The number of carbonyl (C=O) groups is 1. The smallest absolute Gasteiger partial charge is 0.234 e. The molecule has 25 heavy (non-hydrogen) atoms. The van der Waals surface area contributed by atoms with Gasteiger partial charge in [-0.3, -0.25) is 4.79 Å². The topological polar surface area (TPSA) is 65.8 Å². The standard InChI is InChI=1S/C19H14ClN3OS/c1-12-8-19(23-17-5-3-2-4-15(12)17)25-11-18(24)22-14-7-6-13(10-21)16(20)9-14/h2-9H,11H2,1H3,(H,22,24). The Labute approximate surface area is 154 Å². The van der Waals surface area contributed by atoms with Gasteiger partial charge in [-0.15, -0.1) is 0 Å². The number of hydrogen-bond acceptors (Lipinski definition) is 4. The van der Waals surface area contributed by atoms with E-state index in [0.29, 0.717) is 16.3 Å². The predicted molar refractivity (Wildman–Crippen MR) is 102 cm³/mol. The molecule has 1 heterocycles. The Hall–Kier alpha value is -2.55. The van der Waals surface area contributed by atoms with Crippen molar-refractivity contribution in [2.45, 2.75) is 11.9 Å². The highest BCUT2D eigenvalue weighted by Crippen LogP contribution is 2.24. The Bertz CT molecular complexity index is 998. The maximum absolute atomic E-state index is 12.1. The number of anilines is 1. The molecule has 1 N–H and O–H groups in total. The van der Waals surface area contributed by atoms with E-state index in [-0.39, 0.29) is 11.7 Å². The molecule has 0 unspecified atom stereocenters. The fourth-order valence-corrected chi connectivity index (χ4v) is 3.41. The lowest BCUT2D eigenvalue weighted by Gasteiger charge is -2.08. The van der Waals surface area contributed by atoms with Crippen LogP contribution in [0, 0.1) is 18.3 Å². The van der Waals surface area contributed by atoms with Crippen LogP contribution in [-0.2, 0) is 4.79 Å². The summed E-state index contributed by atoms with van der Waals surface area (Å²) in [5.74, 6) is 0.0842. The molecule has 1 aromatic heterocycles. The molecule has 2 aromatic carbocycles. The maximum Gasteiger partial charge on any atom is 0.234 e. The molecular formula is C19H14ClN3OS. The van der Waals surface area contributed by atoms with Crippen molar-refractivity contribution in [1.29, 1.82) is 5.26 Å². The second-order valence-electron chi connectivity index (χ2n) is 5.44. The largest absolute Gasteiger partial charge is 0.325 e. The highest BCUT2D eigenvalue weighted by Gasteiger charge is 2.08. The Morgan fingerprint density at radius 3 is 2.84 bits per heavy atom. The summed E-state index contributed by atoms with van der Waals surface area (Å²) in [6.07, 6.45) is 0. The van der Waals surface area contributed by atoms with Gasteiger partial charge in [0.2, 0.25) is 5.91 Å². The number of amides is 1. The second-order valence-corrected chi connectivity index (χ2v) is 6.84. The highest BCUT2D eigenvalue weighted by molar-refractivity contribution is 7.99. The summed E-state index contributed by atoms with van der Waals surface area (Å²) in [7, 11) is 0. The molecule has 0 aliphatic rings. The lowest BCUT2D eigenvalue weighted by atomic mass is 10.1. The second kappa shape index (κ2) is 7.56. The quantitative estimate of drug-likeness (QED) is 0.672. The first-order valence-electron chi connectivity index (χ1n) is 7.55. The number of carbonyl (C=O) groups excluding carboxylic acids is 1. The number of nitrogens with one attached hydrogen (secondary N) is 1. The number of para-hydroxylation sites is 1. The fraction of sp³-hybridized carbons (Fsp3) is 0.105. The molecular weight excluding hydrogens is 354 g/mol. The summed E-state index contributed by atoms with van der Waals surface area (Å²) in [5, 5.41) is 13.9. The van der Waals surface area contributed by atoms with Crippen LogP contribution in [0.3, 0.4) is 0 Å². The van der Waals surface area contributed by atoms with E-state index in [1.807, 2.05) is 43.3 Å². The zero-order valence-corrected chi connectivity index (χ0v) is 15.0. The van der Waals surface area contributed by atoms with Crippen molar-refractivity contribution >= 4 is 45.9 Å². The van der Waals surface area contributed by atoms with Crippen LogP contribution in [0.2, 0.25) is 5.02 Å². The van der Waals surface area contributed by atoms with Gasteiger partial charge in [0.25, 0.3) is 0 Å². The Morgan fingerprint density at radius 2 is 2.08 bits per heavy atom. The lowest BCUT2D eigenvalue weighted by Crippen LogP contribution is -2.14. The van der Waals surface area contributed by atoms with Gasteiger partial charge in [-0.1, -0.05) is 41.6 Å². The first-order valence-corrected chi connectivity index (χ1v) is 8.92. The van der Waals surface area contributed by atoms with E-state index in [9.17, 15) is 4.79 Å². The maximum atomic E-state index is 12.1. The summed E-state index contributed by atoms with van der Waals surface area (Å²) in [5.41, 5.74) is 3.00. The Balaban J connectivity index is 1.66. The lowest BCUT2D eigenvalue weighted by molar-refractivity contribution is -0.113. The third-order valence-electron chi connectivity index (χ3n) is 3.62. The zero-order valence-electron chi connectivity index (χ0n) is 13.4. The summed E-state index contributed by atoms with van der Waals surface area (Å²) in [6.45, 7) is 2.03. The molecule has 6 heteroatoms. The molecule has 0 saturated heterocycles. The summed E-state index contributed by atoms with van der Waals surface area (Å²) < 4.78 is 0. The highest BCUT2D eigenvalue weighted by atomic mass is 35.5. The van der Waals surface area contributed by atoms with Gasteiger partial charge in [0.1, 0.15) is 6.07 Å². The van der Waals surface area contributed by atoms with Gasteiger partial charge < -0.3 is 5.32 Å². The zero-order chi connectivity index (χ0) is 17.8. The van der Waals surface area contributed by atoms with Crippen LogP contribution in [0.25, 0.3) is 10.9 Å². The van der Waals surface area contributed by atoms with Crippen molar-refractivity contribution in [2.75, 3.05) is 11.1 Å². The molecule has 4 nitrogen and oxygen atoms in total. The molecule has 0 saturated carbocycles. The first kappa shape index (κ1) is 17.3. The summed E-state index contributed by atoms with van der Waals surface area (Å²) in [6, 6.07) is 16.7. The molecule has 0 aliphatic carbocycles. The fourth-order valence-electron chi connectivity index (χ4n) is 2.41. The molecule has 3 rings (SSSR count). The number of pyridine rings is 1. The third kappa shape index (κ3) is 4.11. The van der Waals surface area contributed by atoms with Crippen LogP contribution in [0.5, 0.6) is 0 Å². The average molecular weight is 368 g/mol. The molecule has 0 aliphatic heterocycles. The van der Waals surface area contributed by atoms with Gasteiger partial charge in [-0.25, -0.2) is 4.98 Å². The van der Waals surface area contributed by atoms with Crippen molar-refractivity contribution < 1.29 is 4.79 Å². The van der Waals surface area contributed by atoms with Crippen LogP contribution in [0.15, 0.2) is 53.6 Å². The van der Waals surface area contributed by atoms with E-state index in [1.54, 1.807) is 18.2 Å². The number of aryl methyl sites for hydroxylation is 1. The number of thioether (sulfide) groups is 1. The van der Waals surface area contributed by atoms with Crippen LogP contribution in [0.1, 0.15) is 11.1 Å². The van der Waals surface area contributed by atoms with Gasteiger partial charge in [0.05, 0.1) is 26.9 Å². The number of halogens is 1. The predicted octanol–water partition coefficient (Wildman–Crippen LogP) is 4.80. The molecule has 124 valence electrons. The Kier molecular flexibility index (Phi) is 5.22. The van der Waals surface area contributed by atoms with Crippen LogP contribution in [0.4, 0.5) is 5.69 Å². The van der Waals surface area contributed by atoms with E-state index in [1.165, 1.54) is 11.8 Å². The van der Waals surface area contributed by atoms with E-state index in [0.717, 1.165) is 21.5 Å². The third-order valence-corrected chi connectivity index (χ3v) is 4.85. The van der Waals surface area contributed by atoms with Crippen molar-refractivity contribution in [2.24, 2.45) is 0 Å². The number of benzene rings is 2. The van der Waals surface area contributed by atoms with E-state index >= 15 is 0 Å². The Morgan fingerprint density at radius 1 is 1.28 bits per heavy atom. The number of fused-ring (bicyclic) bond motifs is 1. The normalized spacial score (nSPS) is 10.4. The van der Waals surface area contributed by atoms with Crippen molar-refractivity contribution in [3.05, 3.63) is 64.7 Å². The number of nitrogens with zero attached hydrogens (tertiary/aromatic N) is 2. The van der Waals surface area contributed by atoms with Crippen LogP contribution in [-0.4, -0.2) is 16.6 Å². The monoisotopic (exact) mass is 367 g/mol. The summed E-state index contributed by atoms with van der Waals surface area (Å²) >= 11 is 7.35. The van der Waals surface area contributed by atoms with Crippen molar-refractivity contribution in [3.63, 3.8) is 0 Å². The average Bonchev–Trinajstić information content (AvgIpc) is 2.60. The van der Waals surface area contributed by atoms with E-state index in [4.69, 9.17) is 16.9 Å². The minimum atomic E-state index is -0.154. The first-order chi connectivity index (χ1) is 12.1. The van der Waals surface area contributed by atoms with Gasteiger partial charge in [0, 0.05) is 11.1 Å². The SMILES string of the molecule is Cc1cc(SCC(=O)Nc2ccc(C#N)c(Cl)c2)nc2ccccc12. The van der Waals surface area contributed by atoms with E-state index < -0.39 is 0 Å². The van der Waals surface area contributed by atoms with Gasteiger partial charge >= 0.3 is 0 Å².